The molecule has 1 heteroatoms. The van der Waals surface area contributed by atoms with E-state index < -0.39 is 0 Å². The van der Waals surface area contributed by atoms with Gasteiger partial charge in [0.1, 0.15) is 5.78 Å². The maximum atomic E-state index is 11.1. The summed E-state index contributed by atoms with van der Waals surface area (Å²) < 4.78 is 0. The smallest absolute Gasteiger partial charge is 0.134 e. The highest BCUT2D eigenvalue weighted by Gasteiger charge is 2.11. The molecule has 2 aliphatic rings. The minimum absolute atomic E-state index is 0.175. The number of Topliss-reactive ketones (excluding diaryl/α,β-unsaturated/α-hetero) is 1. The van der Waals surface area contributed by atoms with Crippen molar-refractivity contribution in [1.82, 2.24) is 0 Å². The predicted molar refractivity (Wildman–Crippen MR) is 89.2 cm³/mol. The van der Waals surface area contributed by atoms with E-state index in [-0.39, 0.29) is 5.78 Å². The lowest BCUT2D eigenvalue weighted by Crippen LogP contribution is -1.95. The van der Waals surface area contributed by atoms with Gasteiger partial charge in [0.05, 0.1) is 0 Å². The molecule has 0 saturated carbocycles. The first-order valence-electron chi connectivity index (χ1n) is 7.35. The quantitative estimate of drug-likeness (QED) is 0.591. The number of fused-ring (bicyclic) bond motifs is 1. The third kappa shape index (κ3) is 3.26. The topological polar surface area (TPSA) is 17.1 Å². The number of allylic oxidation sites excluding steroid dienone is 7. The minimum Gasteiger partial charge on any atom is -0.300 e. The van der Waals surface area contributed by atoms with Crippen LogP contribution in [0.2, 0.25) is 0 Å². The molecule has 0 atom stereocenters. The van der Waals surface area contributed by atoms with Crippen LogP contribution in [0.3, 0.4) is 0 Å². The Morgan fingerprint density at radius 2 is 2.05 bits per heavy atom. The van der Waals surface area contributed by atoms with Gasteiger partial charge in [-0.1, -0.05) is 42.2 Å². The van der Waals surface area contributed by atoms with Gasteiger partial charge in [0.15, 0.2) is 0 Å². The number of benzene rings is 1. The minimum atomic E-state index is 0.175. The zero-order valence-corrected chi connectivity index (χ0v) is 12.5. The largest absolute Gasteiger partial charge is 0.300 e. The van der Waals surface area contributed by atoms with Gasteiger partial charge in [-0.25, -0.2) is 0 Å². The molecule has 3 rings (SSSR count). The standard InChI is InChI=1S/C21H16O/c1-16(22)15-18-11-9-17(10-12-18)13-14-20-6-3-2-5-19-7-4-8-21(19)20/h2,4-6,8-12H,7,15H2,1H3. The van der Waals surface area contributed by atoms with Crippen molar-refractivity contribution < 1.29 is 4.79 Å². The van der Waals surface area contributed by atoms with Crippen molar-refractivity contribution in [2.75, 3.05) is 0 Å². The lowest BCUT2D eigenvalue weighted by Gasteiger charge is -2.00. The maximum Gasteiger partial charge on any atom is 0.134 e. The summed E-state index contributed by atoms with van der Waals surface area (Å²) in [6.07, 6.45) is 11.7. The fourth-order valence-electron chi connectivity index (χ4n) is 2.54. The second-order valence-corrected chi connectivity index (χ2v) is 5.43. The number of rotatable bonds is 2. The summed E-state index contributed by atoms with van der Waals surface area (Å²) in [5.74, 6) is 6.61. The van der Waals surface area contributed by atoms with Gasteiger partial charge < -0.3 is 0 Å². The summed E-state index contributed by atoms with van der Waals surface area (Å²) in [5, 5.41) is 0. The second-order valence-electron chi connectivity index (χ2n) is 5.43. The van der Waals surface area contributed by atoms with E-state index in [2.05, 4.69) is 35.8 Å². The van der Waals surface area contributed by atoms with E-state index in [1.807, 2.05) is 36.4 Å². The van der Waals surface area contributed by atoms with Gasteiger partial charge in [0.25, 0.3) is 0 Å². The van der Waals surface area contributed by atoms with Crippen LogP contribution in [0.25, 0.3) is 0 Å². The third-order valence-electron chi connectivity index (χ3n) is 3.62. The molecule has 0 amide bonds. The van der Waals surface area contributed by atoms with Gasteiger partial charge in [-0.3, -0.25) is 4.79 Å². The molecule has 0 fully saturated rings. The van der Waals surface area contributed by atoms with E-state index in [0.717, 1.165) is 23.1 Å². The SMILES string of the molecule is CC(=O)Cc1ccc(C#CC2=C3C=CCC3=CC=C=C2)cc1. The van der Waals surface area contributed by atoms with Crippen LogP contribution in [0.15, 0.2) is 77.1 Å². The van der Waals surface area contributed by atoms with E-state index in [1.54, 1.807) is 6.92 Å². The Kier molecular flexibility index (Phi) is 4.05. The molecule has 0 saturated heterocycles. The van der Waals surface area contributed by atoms with E-state index in [1.165, 1.54) is 11.1 Å². The molecule has 0 N–H and O–H groups in total. The first kappa shape index (κ1) is 14.1. The molecule has 0 bridgehead atoms. The Labute approximate surface area is 131 Å². The molecule has 1 aromatic carbocycles. The van der Waals surface area contributed by atoms with Crippen LogP contribution < -0.4 is 0 Å². The Morgan fingerprint density at radius 3 is 2.82 bits per heavy atom. The Hall–Kier alpha value is -2.81. The van der Waals surface area contributed by atoms with E-state index >= 15 is 0 Å². The van der Waals surface area contributed by atoms with Crippen molar-refractivity contribution in [2.24, 2.45) is 0 Å². The molecule has 0 heterocycles. The lowest BCUT2D eigenvalue weighted by molar-refractivity contribution is -0.116. The summed E-state index contributed by atoms with van der Waals surface area (Å²) in [4.78, 5) is 11.1. The molecule has 0 radical (unpaired) electrons. The van der Waals surface area contributed by atoms with Gasteiger partial charge in [-0.2, -0.15) is 0 Å². The van der Waals surface area contributed by atoms with Crippen LogP contribution in [0, 0.1) is 11.8 Å². The molecule has 0 aromatic heterocycles. The zero-order chi connectivity index (χ0) is 15.4. The van der Waals surface area contributed by atoms with Crippen LogP contribution >= 0.6 is 0 Å². The Morgan fingerprint density at radius 1 is 1.23 bits per heavy atom. The zero-order valence-electron chi connectivity index (χ0n) is 12.5. The van der Waals surface area contributed by atoms with Gasteiger partial charge in [0, 0.05) is 17.6 Å². The first-order valence-corrected chi connectivity index (χ1v) is 7.35. The molecule has 0 aliphatic heterocycles. The van der Waals surface area contributed by atoms with Crippen LogP contribution in [-0.4, -0.2) is 5.78 Å². The summed E-state index contributed by atoms with van der Waals surface area (Å²) in [5.41, 5.74) is 8.61. The van der Waals surface area contributed by atoms with Crippen molar-refractivity contribution in [3.8, 4) is 11.8 Å². The average molecular weight is 284 g/mol. The van der Waals surface area contributed by atoms with E-state index in [0.29, 0.717) is 6.42 Å². The third-order valence-corrected chi connectivity index (χ3v) is 3.62. The normalized spacial score (nSPS) is 15.0. The molecule has 0 unspecified atom stereocenters. The van der Waals surface area contributed by atoms with Crippen molar-refractivity contribution in [2.45, 2.75) is 19.8 Å². The fraction of sp³-hybridized carbons (Fsp3) is 0.143. The summed E-state index contributed by atoms with van der Waals surface area (Å²) >= 11 is 0. The number of ketones is 1. The van der Waals surface area contributed by atoms with Gasteiger partial charge in [-0.05, 0) is 54.3 Å². The Bertz CT molecular complexity index is 824. The van der Waals surface area contributed by atoms with Crippen molar-refractivity contribution in [3.63, 3.8) is 0 Å². The summed E-state index contributed by atoms with van der Waals surface area (Å²) in [6.45, 7) is 1.60. The molecular weight excluding hydrogens is 268 g/mol. The van der Waals surface area contributed by atoms with Crippen LogP contribution in [0.1, 0.15) is 24.5 Å². The van der Waals surface area contributed by atoms with Crippen LogP contribution in [-0.2, 0) is 11.2 Å². The molecule has 2 aliphatic carbocycles. The fourth-order valence-corrected chi connectivity index (χ4v) is 2.54. The van der Waals surface area contributed by atoms with Gasteiger partial charge in [0.2, 0.25) is 0 Å². The van der Waals surface area contributed by atoms with E-state index in [4.69, 9.17) is 0 Å². The lowest BCUT2D eigenvalue weighted by atomic mass is 10.0. The van der Waals surface area contributed by atoms with Gasteiger partial charge in [-0.15, -0.1) is 5.73 Å². The van der Waals surface area contributed by atoms with Crippen molar-refractivity contribution >= 4 is 5.78 Å². The molecule has 0 spiro atoms. The number of hydrogen-bond acceptors (Lipinski definition) is 1. The van der Waals surface area contributed by atoms with Crippen LogP contribution in [0.5, 0.6) is 0 Å². The second kappa shape index (κ2) is 6.31. The number of carbonyl (C=O) groups is 1. The monoisotopic (exact) mass is 284 g/mol. The highest BCUT2D eigenvalue weighted by molar-refractivity contribution is 5.78. The first-order chi connectivity index (χ1) is 10.7. The molecule has 22 heavy (non-hydrogen) atoms. The van der Waals surface area contributed by atoms with Gasteiger partial charge >= 0.3 is 0 Å². The molecule has 106 valence electrons. The Balaban J connectivity index is 1.86. The maximum absolute atomic E-state index is 11.1. The predicted octanol–water partition coefficient (Wildman–Crippen LogP) is 4.08. The average Bonchev–Trinajstić information content (AvgIpc) is 2.88. The molecular formula is C21H16O. The molecule has 1 aromatic rings. The van der Waals surface area contributed by atoms with Crippen LogP contribution in [0.4, 0.5) is 0 Å². The summed E-state index contributed by atoms with van der Waals surface area (Å²) in [7, 11) is 0. The number of carbonyl (C=O) groups excluding carboxylic acids is 1. The van der Waals surface area contributed by atoms with Crippen molar-refractivity contribution in [1.29, 1.82) is 0 Å². The van der Waals surface area contributed by atoms with Crippen molar-refractivity contribution in [3.05, 3.63) is 88.2 Å². The van der Waals surface area contributed by atoms with E-state index in [9.17, 15) is 4.79 Å². The highest BCUT2D eigenvalue weighted by Crippen LogP contribution is 2.28. The molecule has 1 nitrogen and oxygen atoms in total. The highest BCUT2D eigenvalue weighted by atomic mass is 16.1. The number of hydrogen-bond donors (Lipinski definition) is 0. The summed E-state index contributed by atoms with van der Waals surface area (Å²) in [6, 6.07) is 7.86.